The highest BCUT2D eigenvalue weighted by molar-refractivity contribution is 7.13. The Balaban J connectivity index is 1.50. The van der Waals surface area contributed by atoms with Crippen molar-refractivity contribution in [3.8, 4) is 10.6 Å². The number of rotatable bonds is 6. The Morgan fingerprint density at radius 3 is 3.04 bits per heavy atom. The third-order valence-corrected chi connectivity index (χ3v) is 5.16. The summed E-state index contributed by atoms with van der Waals surface area (Å²) in [7, 11) is 0. The molecule has 0 saturated carbocycles. The molecule has 1 aliphatic heterocycles. The van der Waals surface area contributed by atoms with E-state index in [-0.39, 0.29) is 12.1 Å². The maximum absolute atomic E-state index is 12.4. The van der Waals surface area contributed by atoms with E-state index in [0.29, 0.717) is 13.1 Å². The molecule has 1 aliphatic rings. The molecule has 0 unspecified atom stereocenters. The molecule has 2 aromatic rings. The van der Waals surface area contributed by atoms with Gasteiger partial charge in [-0.05, 0) is 19.3 Å². The number of carbonyl (C=O) groups is 1. The molecule has 25 heavy (non-hydrogen) atoms. The molecule has 1 fully saturated rings. The first kappa shape index (κ1) is 17.9. The number of thiazole rings is 1. The Kier molecular flexibility index (Phi) is 6.42. The maximum Gasteiger partial charge on any atom is 0.317 e. The van der Waals surface area contributed by atoms with Crippen molar-refractivity contribution >= 4 is 17.4 Å². The van der Waals surface area contributed by atoms with Gasteiger partial charge >= 0.3 is 6.03 Å². The highest BCUT2D eigenvalue weighted by Gasteiger charge is 2.23. The zero-order valence-electron chi connectivity index (χ0n) is 14.6. The molecule has 134 valence electrons. The zero-order valence-corrected chi connectivity index (χ0v) is 15.4. The third-order valence-electron chi connectivity index (χ3n) is 4.22. The van der Waals surface area contributed by atoms with Crippen LogP contribution in [0.5, 0.6) is 0 Å². The lowest BCUT2D eigenvalue weighted by atomic mass is 10.1. The number of hydrogen-bond donors (Lipinski definition) is 1. The van der Waals surface area contributed by atoms with Gasteiger partial charge in [-0.3, -0.25) is 0 Å². The topological polar surface area (TPSA) is 54.5 Å². The summed E-state index contributed by atoms with van der Waals surface area (Å²) in [6.45, 7) is 4.80. The van der Waals surface area contributed by atoms with Gasteiger partial charge in [-0.1, -0.05) is 37.3 Å². The van der Waals surface area contributed by atoms with E-state index >= 15 is 0 Å². The molecule has 0 aliphatic carbocycles. The summed E-state index contributed by atoms with van der Waals surface area (Å²) < 4.78 is 5.80. The predicted molar refractivity (Wildman–Crippen MR) is 101 cm³/mol. The second-order valence-electron chi connectivity index (χ2n) is 6.25. The number of piperidine rings is 1. The van der Waals surface area contributed by atoms with Crippen LogP contribution in [0.2, 0.25) is 0 Å². The summed E-state index contributed by atoms with van der Waals surface area (Å²) in [6.07, 6.45) is 3.21. The summed E-state index contributed by atoms with van der Waals surface area (Å²) in [4.78, 5) is 18.9. The Hall–Kier alpha value is -1.92. The first-order valence-electron chi connectivity index (χ1n) is 8.90. The lowest BCUT2D eigenvalue weighted by molar-refractivity contribution is 0.0100. The van der Waals surface area contributed by atoms with E-state index in [1.54, 1.807) is 11.3 Å². The summed E-state index contributed by atoms with van der Waals surface area (Å²) in [5, 5.41) is 5.97. The van der Waals surface area contributed by atoms with Crippen LogP contribution in [0.25, 0.3) is 10.6 Å². The van der Waals surface area contributed by atoms with Crippen molar-refractivity contribution in [2.24, 2.45) is 0 Å². The van der Waals surface area contributed by atoms with Crippen molar-refractivity contribution in [2.75, 3.05) is 19.7 Å². The molecule has 1 aromatic carbocycles. The molecule has 0 radical (unpaired) electrons. The zero-order chi connectivity index (χ0) is 17.5. The highest BCUT2D eigenvalue weighted by atomic mass is 32.1. The molecule has 5 nitrogen and oxygen atoms in total. The van der Waals surface area contributed by atoms with Gasteiger partial charge in [-0.2, -0.15) is 0 Å². The lowest BCUT2D eigenvalue weighted by Gasteiger charge is -2.32. The predicted octanol–water partition coefficient (Wildman–Crippen LogP) is 3.91. The minimum absolute atomic E-state index is 0.0286. The number of aromatic nitrogens is 1. The SMILES string of the molecule is CCCO[C@H]1CCCN(C(=O)NCc2csc(-c3ccccc3)n2)C1. The number of nitrogens with zero attached hydrogens (tertiary/aromatic N) is 2. The van der Waals surface area contributed by atoms with Crippen LogP contribution in [-0.4, -0.2) is 41.7 Å². The van der Waals surface area contributed by atoms with Gasteiger partial charge in [-0.15, -0.1) is 11.3 Å². The van der Waals surface area contributed by atoms with Crippen molar-refractivity contribution in [1.29, 1.82) is 0 Å². The maximum atomic E-state index is 12.4. The van der Waals surface area contributed by atoms with E-state index in [2.05, 4.69) is 17.2 Å². The Bertz CT molecular complexity index is 674. The van der Waals surface area contributed by atoms with Gasteiger partial charge in [-0.25, -0.2) is 9.78 Å². The van der Waals surface area contributed by atoms with Gasteiger partial charge in [0.25, 0.3) is 0 Å². The number of amides is 2. The molecule has 1 N–H and O–H groups in total. The van der Waals surface area contributed by atoms with Gasteiger partial charge in [0.05, 0.1) is 18.3 Å². The fourth-order valence-corrected chi connectivity index (χ4v) is 3.75. The largest absolute Gasteiger partial charge is 0.376 e. The quantitative estimate of drug-likeness (QED) is 0.851. The van der Waals surface area contributed by atoms with Crippen LogP contribution >= 0.6 is 11.3 Å². The molecule has 6 heteroatoms. The summed E-state index contributed by atoms with van der Waals surface area (Å²) in [6, 6.07) is 10.1. The van der Waals surface area contributed by atoms with E-state index in [0.717, 1.165) is 48.7 Å². The van der Waals surface area contributed by atoms with Crippen LogP contribution < -0.4 is 5.32 Å². The monoisotopic (exact) mass is 359 g/mol. The van der Waals surface area contributed by atoms with Crippen molar-refractivity contribution in [3.05, 3.63) is 41.4 Å². The average Bonchev–Trinajstić information content (AvgIpc) is 3.14. The molecule has 1 saturated heterocycles. The first-order valence-corrected chi connectivity index (χ1v) is 9.78. The van der Waals surface area contributed by atoms with Crippen molar-refractivity contribution in [2.45, 2.75) is 38.8 Å². The number of hydrogen-bond acceptors (Lipinski definition) is 4. The van der Waals surface area contributed by atoms with Gasteiger partial charge in [0.1, 0.15) is 5.01 Å². The van der Waals surface area contributed by atoms with Crippen LogP contribution in [0.3, 0.4) is 0 Å². The molecule has 1 atom stereocenters. The molecule has 2 amide bonds. The van der Waals surface area contributed by atoms with Crippen LogP contribution in [0.1, 0.15) is 31.9 Å². The molecule has 0 spiro atoms. The van der Waals surface area contributed by atoms with E-state index in [4.69, 9.17) is 4.74 Å². The molecular weight excluding hydrogens is 334 g/mol. The van der Waals surface area contributed by atoms with Gasteiger partial charge in [0.2, 0.25) is 0 Å². The smallest absolute Gasteiger partial charge is 0.317 e. The Morgan fingerprint density at radius 1 is 1.40 bits per heavy atom. The Morgan fingerprint density at radius 2 is 2.24 bits per heavy atom. The van der Waals surface area contributed by atoms with Crippen molar-refractivity contribution < 1.29 is 9.53 Å². The van der Waals surface area contributed by atoms with E-state index in [1.165, 1.54) is 0 Å². The fourth-order valence-electron chi connectivity index (χ4n) is 2.92. The number of nitrogens with one attached hydrogen (secondary N) is 1. The van der Waals surface area contributed by atoms with Gasteiger partial charge < -0.3 is 15.0 Å². The minimum atomic E-state index is -0.0286. The minimum Gasteiger partial charge on any atom is -0.376 e. The number of likely N-dealkylation sites (tertiary alicyclic amines) is 1. The third kappa shape index (κ3) is 5.03. The highest BCUT2D eigenvalue weighted by Crippen LogP contribution is 2.23. The number of ether oxygens (including phenoxy) is 1. The number of urea groups is 1. The normalized spacial score (nSPS) is 17.5. The first-order chi connectivity index (χ1) is 12.3. The van der Waals surface area contributed by atoms with Crippen LogP contribution in [0.15, 0.2) is 35.7 Å². The molecule has 3 rings (SSSR count). The second-order valence-corrected chi connectivity index (χ2v) is 7.11. The second kappa shape index (κ2) is 8.97. The van der Waals surface area contributed by atoms with Crippen molar-refractivity contribution in [1.82, 2.24) is 15.2 Å². The molecule has 2 heterocycles. The fraction of sp³-hybridized carbons (Fsp3) is 0.474. The van der Waals surface area contributed by atoms with E-state index in [9.17, 15) is 4.79 Å². The van der Waals surface area contributed by atoms with E-state index < -0.39 is 0 Å². The number of carbonyl (C=O) groups excluding carboxylic acids is 1. The van der Waals surface area contributed by atoms with Gasteiger partial charge in [0.15, 0.2) is 0 Å². The summed E-state index contributed by atoms with van der Waals surface area (Å²) >= 11 is 1.60. The molecule has 0 bridgehead atoms. The standard InChI is InChI=1S/C19H25N3O2S/c1-2-11-24-17-9-6-10-22(13-17)19(23)20-12-16-14-25-18(21-16)15-7-4-3-5-8-15/h3-5,7-8,14,17H,2,6,9-13H2,1H3,(H,20,23)/t17-/m0/s1. The molecule has 1 aromatic heterocycles. The van der Waals surface area contributed by atoms with Crippen LogP contribution in [0, 0.1) is 0 Å². The average molecular weight is 359 g/mol. The van der Waals surface area contributed by atoms with Crippen molar-refractivity contribution in [3.63, 3.8) is 0 Å². The molecular formula is C19H25N3O2S. The summed E-state index contributed by atoms with van der Waals surface area (Å²) in [5.74, 6) is 0. The lowest BCUT2D eigenvalue weighted by Crippen LogP contribution is -2.47. The Labute approximate surface area is 153 Å². The summed E-state index contributed by atoms with van der Waals surface area (Å²) in [5.41, 5.74) is 2.00. The van der Waals surface area contributed by atoms with Crippen LogP contribution in [-0.2, 0) is 11.3 Å². The van der Waals surface area contributed by atoms with Gasteiger partial charge in [0, 0.05) is 30.6 Å². The van der Waals surface area contributed by atoms with E-state index in [1.807, 2.05) is 40.6 Å². The number of benzene rings is 1. The van der Waals surface area contributed by atoms with Crippen LogP contribution in [0.4, 0.5) is 4.79 Å².